The number of pyridine rings is 1. The molecule has 0 aliphatic heterocycles. The third-order valence-corrected chi connectivity index (χ3v) is 2.30. The van der Waals surface area contributed by atoms with Crippen molar-refractivity contribution in [3.05, 3.63) is 24.5 Å². The van der Waals surface area contributed by atoms with Crippen molar-refractivity contribution >= 4 is 22.8 Å². The first-order chi connectivity index (χ1) is 5.40. The number of rotatable bonds is 1. The van der Waals surface area contributed by atoms with Crippen LogP contribution in [0.4, 0.5) is 0 Å². The van der Waals surface area contributed by atoms with E-state index in [0.29, 0.717) is 0 Å². The molecule has 0 saturated heterocycles. The summed E-state index contributed by atoms with van der Waals surface area (Å²) >= 11 is 1.70. The summed E-state index contributed by atoms with van der Waals surface area (Å²) in [5.41, 5.74) is 2.14. The first kappa shape index (κ1) is 6.73. The van der Waals surface area contributed by atoms with E-state index in [2.05, 4.69) is 16.0 Å². The summed E-state index contributed by atoms with van der Waals surface area (Å²) in [4.78, 5) is 8.57. The van der Waals surface area contributed by atoms with Gasteiger partial charge in [0.25, 0.3) is 0 Å². The number of aromatic nitrogens is 2. The quantitative estimate of drug-likeness (QED) is 0.655. The lowest BCUT2D eigenvalue weighted by Crippen LogP contribution is -1.75. The van der Waals surface area contributed by atoms with Crippen LogP contribution >= 0.6 is 11.8 Å². The van der Waals surface area contributed by atoms with Crippen LogP contribution in [-0.2, 0) is 0 Å². The first-order valence-corrected chi connectivity index (χ1v) is 4.60. The van der Waals surface area contributed by atoms with Crippen LogP contribution in [0.3, 0.4) is 0 Å². The van der Waals surface area contributed by atoms with Gasteiger partial charge in [-0.1, -0.05) is 0 Å². The van der Waals surface area contributed by atoms with Crippen LogP contribution in [0, 0.1) is 0 Å². The number of thioether (sulfide) groups is 1. The lowest BCUT2D eigenvalue weighted by molar-refractivity contribution is 1.30. The van der Waals surface area contributed by atoms with Crippen molar-refractivity contribution in [1.29, 1.82) is 0 Å². The number of nitrogens with one attached hydrogen (secondary N) is 1. The predicted molar refractivity (Wildman–Crippen MR) is 47.9 cm³/mol. The van der Waals surface area contributed by atoms with Gasteiger partial charge in [-0.2, -0.15) is 0 Å². The molecule has 0 saturated carbocycles. The molecule has 2 nitrogen and oxygen atoms in total. The highest BCUT2D eigenvalue weighted by Crippen LogP contribution is 2.17. The average Bonchev–Trinajstić information content (AvgIpc) is 2.50. The van der Waals surface area contributed by atoms with E-state index in [1.54, 1.807) is 11.8 Å². The lowest BCUT2D eigenvalue weighted by atomic mass is 10.4. The highest BCUT2D eigenvalue weighted by molar-refractivity contribution is 7.98. The maximum atomic E-state index is 4.26. The summed E-state index contributed by atoms with van der Waals surface area (Å²) in [6.07, 6.45) is 5.84. The zero-order valence-electron chi connectivity index (χ0n) is 6.16. The van der Waals surface area contributed by atoms with Crippen molar-refractivity contribution in [2.45, 2.75) is 4.90 Å². The summed E-state index contributed by atoms with van der Waals surface area (Å²) in [6.45, 7) is 0. The van der Waals surface area contributed by atoms with Crippen molar-refractivity contribution in [3.8, 4) is 0 Å². The highest BCUT2D eigenvalue weighted by Gasteiger charge is 1.95. The van der Waals surface area contributed by atoms with Gasteiger partial charge in [-0.3, -0.25) is 4.98 Å². The number of H-pyrrole nitrogens is 1. The van der Waals surface area contributed by atoms with E-state index >= 15 is 0 Å². The van der Waals surface area contributed by atoms with E-state index in [1.165, 1.54) is 4.90 Å². The van der Waals surface area contributed by atoms with Crippen LogP contribution in [-0.4, -0.2) is 16.2 Å². The van der Waals surface area contributed by atoms with Gasteiger partial charge in [-0.25, -0.2) is 0 Å². The molecule has 0 amide bonds. The monoisotopic (exact) mass is 164 g/mol. The van der Waals surface area contributed by atoms with Crippen molar-refractivity contribution < 1.29 is 0 Å². The van der Waals surface area contributed by atoms with Crippen LogP contribution in [0.1, 0.15) is 0 Å². The second-order valence-electron chi connectivity index (χ2n) is 2.29. The second kappa shape index (κ2) is 2.58. The number of fused-ring (bicyclic) bond motifs is 1. The molecule has 0 atom stereocenters. The van der Waals surface area contributed by atoms with Gasteiger partial charge in [0.2, 0.25) is 0 Å². The van der Waals surface area contributed by atoms with Crippen molar-refractivity contribution in [2.75, 3.05) is 6.26 Å². The van der Waals surface area contributed by atoms with Gasteiger partial charge < -0.3 is 4.98 Å². The van der Waals surface area contributed by atoms with Gasteiger partial charge in [0, 0.05) is 17.3 Å². The molecule has 0 fully saturated rings. The molecule has 0 radical (unpaired) electrons. The molecular formula is C8H8N2S. The Morgan fingerprint density at radius 2 is 2.45 bits per heavy atom. The van der Waals surface area contributed by atoms with E-state index in [1.807, 2.05) is 24.7 Å². The van der Waals surface area contributed by atoms with Gasteiger partial charge >= 0.3 is 0 Å². The lowest BCUT2D eigenvalue weighted by Gasteiger charge is -1.93. The molecule has 2 rings (SSSR count). The molecule has 0 aliphatic rings. The van der Waals surface area contributed by atoms with Crippen LogP contribution < -0.4 is 0 Å². The molecule has 0 aromatic carbocycles. The molecule has 2 heterocycles. The van der Waals surface area contributed by atoms with Gasteiger partial charge in [0.15, 0.2) is 0 Å². The smallest absolute Gasteiger partial charge is 0.0879 e. The predicted octanol–water partition coefficient (Wildman–Crippen LogP) is 2.28. The molecule has 56 valence electrons. The van der Waals surface area contributed by atoms with E-state index in [-0.39, 0.29) is 0 Å². The van der Waals surface area contributed by atoms with Gasteiger partial charge in [-0.05, 0) is 18.4 Å². The van der Waals surface area contributed by atoms with Crippen molar-refractivity contribution in [2.24, 2.45) is 0 Å². The van der Waals surface area contributed by atoms with E-state index < -0.39 is 0 Å². The Morgan fingerprint density at radius 3 is 3.27 bits per heavy atom. The Kier molecular flexibility index (Phi) is 1.58. The fourth-order valence-electron chi connectivity index (χ4n) is 1.03. The second-order valence-corrected chi connectivity index (χ2v) is 3.17. The van der Waals surface area contributed by atoms with Crippen LogP contribution in [0.25, 0.3) is 11.0 Å². The van der Waals surface area contributed by atoms with E-state index in [0.717, 1.165) is 11.0 Å². The van der Waals surface area contributed by atoms with Crippen LogP contribution in [0.15, 0.2) is 29.4 Å². The molecule has 1 N–H and O–H groups in total. The summed E-state index contributed by atoms with van der Waals surface area (Å²) in [5, 5.41) is 0. The molecular weight excluding hydrogens is 156 g/mol. The zero-order valence-corrected chi connectivity index (χ0v) is 6.98. The Labute approximate surface area is 69.0 Å². The summed E-state index contributed by atoms with van der Waals surface area (Å²) in [7, 11) is 0. The third kappa shape index (κ3) is 1.12. The highest BCUT2D eigenvalue weighted by atomic mass is 32.2. The van der Waals surface area contributed by atoms with Crippen LogP contribution in [0.5, 0.6) is 0 Å². The normalized spacial score (nSPS) is 10.6. The zero-order chi connectivity index (χ0) is 7.68. The molecule has 2 aromatic rings. The maximum Gasteiger partial charge on any atom is 0.0879 e. The Morgan fingerprint density at radius 1 is 1.55 bits per heavy atom. The number of aromatic amines is 1. The van der Waals surface area contributed by atoms with Gasteiger partial charge in [-0.15, -0.1) is 11.8 Å². The fourth-order valence-corrected chi connectivity index (χ4v) is 1.42. The number of nitrogens with zero attached hydrogens (tertiary/aromatic N) is 1. The third-order valence-electron chi connectivity index (χ3n) is 1.61. The number of hydrogen-bond acceptors (Lipinski definition) is 2. The summed E-state index contributed by atoms with van der Waals surface area (Å²) in [6, 6.07) is 4.08. The summed E-state index contributed by atoms with van der Waals surface area (Å²) in [5.74, 6) is 0. The molecule has 0 unspecified atom stereocenters. The minimum Gasteiger partial charge on any atom is -0.360 e. The summed E-state index contributed by atoms with van der Waals surface area (Å²) < 4.78 is 0. The molecule has 0 spiro atoms. The molecule has 0 bridgehead atoms. The Bertz CT molecular complexity index is 367. The fraction of sp³-hybridized carbons (Fsp3) is 0.125. The largest absolute Gasteiger partial charge is 0.360 e. The first-order valence-electron chi connectivity index (χ1n) is 3.37. The van der Waals surface area contributed by atoms with E-state index in [9.17, 15) is 0 Å². The number of hydrogen-bond donors (Lipinski definition) is 1. The molecule has 11 heavy (non-hydrogen) atoms. The van der Waals surface area contributed by atoms with Gasteiger partial charge in [0.05, 0.1) is 11.0 Å². The minimum atomic E-state index is 1.03. The molecule has 0 aliphatic carbocycles. The van der Waals surface area contributed by atoms with Crippen molar-refractivity contribution in [3.63, 3.8) is 0 Å². The minimum absolute atomic E-state index is 1.03. The van der Waals surface area contributed by atoms with Crippen molar-refractivity contribution in [1.82, 2.24) is 9.97 Å². The van der Waals surface area contributed by atoms with E-state index in [4.69, 9.17) is 0 Å². The SMILES string of the molecule is CSc1cnc2cc[nH]c2c1. The van der Waals surface area contributed by atoms with Crippen LogP contribution in [0.2, 0.25) is 0 Å². The standard InChI is InChI=1S/C8H8N2S/c1-11-6-4-8-7(10-5-6)2-3-9-8/h2-5,9H,1H3. The van der Waals surface area contributed by atoms with Gasteiger partial charge in [0.1, 0.15) is 0 Å². The Hall–Kier alpha value is -0.960. The Balaban J connectivity index is 2.67. The average molecular weight is 164 g/mol. The molecule has 3 heteroatoms. The molecule has 2 aromatic heterocycles. The maximum absolute atomic E-state index is 4.26. The topological polar surface area (TPSA) is 28.7 Å².